The summed E-state index contributed by atoms with van der Waals surface area (Å²) in [4.78, 5) is 20.6. The van der Waals surface area contributed by atoms with Crippen LogP contribution in [-0.4, -0.2) is 35.2 Å². The highest BCUT2D eigenvalue weighted by Crippen LogP contribution is 2.29. The molecule has 162 valence electrons. The Bertz CT molecular complexity index is 1290. The van der Waals surface area contributed by atoms with E-state index in [1.54, 1.807) is 24.3 Å². The zero-order valence-corrected chi connectivity index (χ0v) is 18.8. The van der Waals surface area contributed by atoms with Crippen molar-refractivity contribution in [3.63, 3.8) is 0 Å². The lowest BCUT2D eigenvalue weighted by Crippen LogP contribution is -2.34. The summed E-state index contributed by atoms with van der Waals surface area (Å²) in [7, 11) is 3.02. The van der Waals surface area contributed by atoms with Gasteiger partial charge in [-0.3, -0.25) is 10.1 Å². The third-order valence-corrected chi connectivity index (χ3v) is 5.29. The standard InChI is InChI=1S/C23H19ClN4O3S/c1-30-14-8-9-15(20(12-14)31-2)22(29)28-23(32)27-19-11-13(7-10-16(19)24)21-25-17-5-3-4-6-18(17)26-21/h3-12H,1-2H3,(H,25,26)(H2,27,28,29,32). The summed E-state index contributed by atoms with van der Waals surface area (Å²) in [6, 6.07) is 18.1. The molecule has 0 aliphatic heterocycles. The van der Waals surface area contributed by atoms with E-state index in [4.69, 9.17) is 33.3 Å². The van der Waals surface area contributed by atoms with Crippen molar-refractivity contribution in [3.8, 4) is 22.9 Å². The number of rotatable bonds is 5. The summed E-state index contributed by atoms with van der Waals surface area (Å²) >= 11 is 11.7. The number of fused-ring (bicyclic) bond motifs is 1. The zero-order chi connectivity index (χ0) is 22.7. The van der Waals surface area contributed by atoms with E-state index in [9.17, 15) is 4.79 Å². The van der Waals surface area contributed by atoms with E-state index >= 15 is 0 Å². The minimum absolute atomic E-state index is 0.0940. The van der Waals surface area contributed by atoms with Crippen LogP contribution in [0.5, 0.6) is 11.5 Å². The van der Waals surface area contributed by atoms with Crippen molar-refractivity contribution < 1.29 is 14.3 Å². The maximum absolute atomic E-state index is 12.7. The summed E-state index contributed by atoms with van der Waals surface area (Å²) in [6.07, 6.45) is 0. The third-order valence-electron chi connectivity index (χ3n) is 4.76. The molecule has 0 fully saturated rings. The fraction of sp³-hybridized carbons (Fsp3) is 0.0870. The first-order chi connectivity index (χ1) is 15.5. The van der Waals surface area contributed by atoms with Gasteiger partial charge in [-0.1, -0.05) is 23.7 Å². The highest BCUT2D eigenvalue weighted by molar-refractivity contribution is 7.80. The first kappa shape index (κ1) is 21.6. The number of para-hydroxylation sites is 2. The minimum atomic E-state index is -0.424. The lowest BCUT2D eigenvalue weighted by Gasteiger charge is -2.14. The van der Waals surface area contributed by atoms with E-state index in [0.717, 1.165) is 16.6 Å². The molecule has 0 unspecified atom stereocenters. The minimum Gasteiger partial charge on any atom is -0.497 e. The topological polar surface area (TPSA) is 88.3 Å². The molecule has 0 atom stereocenters. The predicted octanol–water partition coefficient (Wildman–Crippen LogP) is 5.03. The number of carbonyl (C=O) groups excluding carboxylic acids is 1. The number of anilines is 1. The van der Waals surface area contributed by atoms with Crippen LogP contribution in [0.25, 0.3) is 22.4 Å². The molecule has 32 heavy (non-hydrogen) atoms. The number of methoxy groups -OCH3 is 2. The van der Waals surface area contributed by atoms with E-state index in [-0.39, 0.29) is 5.11 Å². The van der Waals surface area contributed by atoms with Crippen molar-refractivity contribution in [1.29, 1.82) is 0 Å². The highest BCUT2D eigenvalue weighted by atomic mass is 35.5. The van der Waals surface area contributed by atoms with E-state index in [1.165, 1.54) is 14.2 Å². The number of ether oxygens (including phenoxy) is 2. The summed E-state index contributed by atoms with van der Waals surface area (Å²) in [5.41, 5.74) is 3.47. The number of nitrogens with zero attached hydrogens (tertiary/aromatic N) is 1. The summed E-state index contributed by atoms with van der Waals surface area (Å²) in [5, 5.41) is 6.16. The van der Waals surface area contributed by atoms with Crippen LogP contribution in [0, 0.1) is 0 Å². The summed E-state index contributed by atoms with van der Waals surface area (Å²) < 4.78 is 10.4. The molecule has 0 spiro atoms. The average Bonchev–Trinajstić information content (AvgIpc) is 3.24. The Morgan fingerprint density at radius 3 is 2.62 bits per heavy atom. The Morgan fingerprint density at radius 1 is 1.06 bits per heavy atom. The van der Waals surface area contributed by atoms with Crippen molar-refractivity contribution in [3.05, 3.63) is 71.2 Å². The van der Waals surface area contributed by atoms with Gasteiger partial charge in [-0.2, -0.15) is 0 Å². The van der Waals surface area contributed by atoms with E-state index in [2.05, 4.69) is 20.6 Å². The average molecular weight is 467 g/mol. The molecule has 0 aliphatic carbocycles. The quantitative estimate of drug-likeness (QED) is 0.358. The molecule has 4 aromatic rings. The normalized spacial score (nSPS) is 10.6. The van der Waals surface area contributed by atoms with Crippen molar-refractivity contribution in [2.45, 2.75) is 0 Å². The first-order valence-electron chi connectivity index (χ1n) is 9.57. The number of aromatic amines is 1. The number of aromatic nitrogens is 2. The molecule has 9 heteroatoms. The van der Waals surface area contributed by atoms with E-state index in [1.807, 2.05) is 36.4 Å². The van der Waals surface area contributed by atoms with Crippen LogP contribution in [0.2, 0.25) is 5.02 Å². The predicted molar refractivity (Wildman–Crippen MR) is 130 cm³/mol. The molecular weight excluding hydrogens is 448 g/mol. The largest absolute Gasteiger partial charge is 0.497 e. The second kappa shape index (κ2) is 9.25. The van der Waals surface area contributed by atoms with Gasteiger partial charge in [0.1, 0.15) is 17.3 Å². The van der Waals surface area contributed by atoms with Crippen molar-refractivity contribution in [1.82, 2.24) is 15.3 Å². The van der Waals surface area contributed by atoms with Gasteiger partial charge in [0.05, 0.1) is 41.5 Å². The summed E-state index contributed by atoms with van der Waals surface area (Å²) in [5.74, 6) is 1.22. The molecule has 3 N–H and O–H groups in total. The molecule has 1 aromatic heterocycles. The molecule has 1 heterocycles. The molecule has 1 amide bonds. The third kappa shape index (κ3) is 4.51. The molecule has 0 saturated carbocycles. The molecule has 0 bridgehead atoms. The lowest BCUT2D eigenvalue weighted by molar-refractivity contribution is 0.0974. The number of amides is 1. The van der Waals surface area contributed by atoms with Crippen molar-refractivity contribution >= 4 is 51.6 Å². The van der Waals surface area contributed by atoms with Gasteiger partial charge in [-0.05, 0) is 54.7 Å². The van der Waals surface area contributed by atoms with Gasteiger partial charge in [0.15, 0.2) is 5.11 Å². The molecule has 0 radical (unpaired) electrons. The number of halogens is 1. The number of imidazole rings is 1. The van der Waals surface area contributed by atoms with Crippen molar-refractivity contribution in [2.24, 2.45) is 0 Å². The Labute approximate surface area is 194 Å². The number of carbonyl (C=O) groups is 1. The van der Waals surface area contributed by atoms with Crippen LogP contribution < -0.4 is 20.1 Å². The van der Waals surface area contributed by atoms with Crippen LogP contribution in [0.1, 0.15) is 10.4 Å². The molecule has 4 rings (SSSR count). The van der Waals surface area contributed by atoms with Gasteiger partial charge >= 0.3 is 0 Å². The van der Waals surface area contributed by atoms with Gasteiger partial charge in [0, 0.05) is 11.6 Å². The highest BCUT2D eigenvalue weighted by Gasteiger charge is 2.16. The summed E-state index contributed by atoms with van der Waals surface area (Å²) in [6.45, 7) is 0. The van der Waals surface area contributed by atoms with Gasteiger partial charge in [0.25, 0.3) is 5.91 Å². The fourth-order valence-electron chi connectivity index (χ4n) is 3.17. The monoisotopic (exact) mass is 466 g/mol. The zero-order valence-electron chi connectivity index (χ0n) is 17.2. The fourth-order valence-corrected chi connectivity index (χ4v) is 3.54. The van der Waals surface area contributed by atoms with Crippen LogP contribution >= 0.6 is 23.8 Å². The van der Waals surface area contributed by atoms with Gasteiger partial charge in [-0.15, -0.1) is 0 Å². The van der Waals surface area contributed by atoms with Gasteiger partial charge in [0.2, 0.25) is 0 Å². The smallest absolute Gasteiger partial charge is 0.261 e. The Hall–Kier alpha value is -3.62. The molecule has 0 saturated heterocycles. The Balaban J connectivity index is 1.52. The SMILES string of the molecule is COc1ccc(C(=O)NC(=S)Nc2cc(-c3nc4ccccc4[nH]3)ccc2Cl)c(OC)c1. The van der Waals surface area contributed by atoms with Gasteiger partial charge in [-0.25, -0.2) is 4.98 Å². The van der Waals surface area contributed by atoms with Crippen LogP contribution in [0.4, 0.5) is 5.69 Å². The molecular formula is C23H19ClN4O3S. The number of thiocarbonyl (C=S) groups is 1. The number of nitrogens with one attached hydrogen (secondary N) is 3. The number of hydrogen-bond acceptors (Lipinski definition) is 5. The van der Waals surface area contributed by atoms with Gasteiger partial charge < -0.3 is 19.8 Å². The number of hydrogen-bond donors (Lipinski definition) is 3. The number of benzene rings is 3. The molecule has 0 aliphatic rings. The van der Waals surface area contributed by atoms with Crippen LogP contribution in [-0.2, 0) is 0 Å². The second-order valence-corrected chi connectivity index (χ2v) is 7.59. The van der Waals surface area contributed by atoms with Crippen molar-refractivity contribution in [2.75, 3.05) is 19.5 Å². The first-order valence-corrected chi connectivity index (χ1v) is 10.4. The van der Waals surface area contributed by atoms with E-state index in [0.29, 0.717) is 33.6 Å². The molecule has 3 aromatic carbocycles. The van der Waals surface area contributed by atoms with Crippen LogP contribution in [0.15, 0.2) is 60.7 Å². The van der Waals surface area contributed by atoms with Crippen LogP contribution in [0.3, 0.4) is 0 Å². The second-order valence-electron chi connectivity index (χ2n) is 6.77. The number of H-pyrrole nitrogens is 1. The Kier molecular flexibility index (Phi) is 6.25. The molecule has 7 nitrogen and oxygen atoms in total. The van der Waals surface area contributed by atoms with E-state index < -0.39 is 5.91 Å². The maximum Gasteiger partial charge on any atom is 0.261 e. The Morgan fingerprint density at radius 2 is 1.88 bits per heavy atom. The maximum atomic E-state index is 12.7. The lowest BCUT2D eigenvalue weighted by atomic mass is 10.1.